The second-order valence-corrected chi connectivity index (χ2v) is 10.8. The SMILES string of the molecule is C[N+]1(Cc2ccc3c(c2)C(Cc2ccccc2)C(N2CCC2)C3)C=NC(S(N)(=O)=O)=C1. The molecule has 7 heteroatoms. The maximum Gasteiger partial charge on any atom is 0.261 e. The normalized spacial score (nSPS) is 27.7. The zero-order chi connectivity index (χ0) is 21.6. The number of rotatable bonds is 6. The highest BCUT2D eigenvalue weighted by Gasteiger charge is 2.38. The van der Waals surface area contributed by atoms with Crippen LogP contribution in [0.2, 0.25) is 0 Å². The molecule has 2 aromatic carbocycles. The minimum Gasteiger partial charge on any atom is -0.299 e. The van der Waals surface area contributed by atoms with Crippen molar-refractivity contribution in [3.63, 3.8) is 0 Å². The van der Waals surface area contributed by atoms with E-state index < -0.39 is 10.0 Å². The van der Waals surface area contributed by atoms with E-state index in [1.165, 1.54) is 41.8 Å². The Hall–Kier alpha value is -2.32. The average molecular weight is 438 g/mol. The molecule has 0 amide bonds. The van der Waals surface area contributed by atoms with Crippen molar-refractivity contribution in [1.82, 2.24) is 4.90 Å². The number of nitrogens with zero attached hydrogens (tertiary/aromatic N) is 3. The lowest BCUT2D eigenvalue weighted by Crippen LogP contribution is -2.47. The van der Waals surface area contributed by atoms with Crippen LogP contribution in [0.15, 0.2) is 64.8 Å². The van der Waals surface area contributed by atoms with Crippen LogP contribution in [0.5, 0.6) is 0 Å². The van der Waals surface area contributed by atoms with E-state index in [1.54, 1.807) is 12.5 Å². The lowest BCUT2D eigenvalue weighted by Gasteiger charge is -2.39. The van der Waals surface area contributed by atoms with Crippen LogP contribution in [-0.4, -0.2) is 50.3 Å². The van der Waals surface area contributed by atoms with Crippen molar-refractivity contribution >= 4 is 16.4 Å². The van der Waals surface area contributed by atoms with Crippen molar-refractivity contribution in [3.05, 3.63) is 82.0 Å². The molecule has 3 unspecified atom stereocenters. The smallest absolute Gasteiger partial charge is 0.261 e. The van der Waals surface area contributed by atoms with Crippen LogP contribution in [0.3, 0.4) is 0 Å². The highest BCUT2D eigenvalue weighted by molar-refractivity contribution is 7.93. The minimum absolute atomic E-state index is 0.0593. The number of sulfonamides is 1. The van der Waals surface area contributed by atoms with Gasteiger partial charge in [0.05, 0.1) is 7.05 Å². The van der Waals surface area contributed by atoms with Crippen molar-refractivity contribution in [2.75, 3.05) is 20.1 Å². The van der Waals surface area contributed by atoms with Crippen LogP contribution >= 0.6 is 0 Å². The van der Waals surface area contributed by atoms with E-state index in [0.717, 1.165) is 12.8 Å². The fraction of sp³-hybridized carbons (Fsp3) is 0.375. The maximum absolute atomic E-state index is 11.7. The standard InChI is InChI=1S/C24H29N4O2S/c1-28(16-24(26-17-28)31(25,29)30)15-19-8-9-20-14-23(27-10-5-11-27)22(21(20)13-19)12-18-6-3-2-4-7-18/h2-4,6-9,13,16-17,22-23H,5,10-12,14-15H2,1H3,(H2,25,29,30)/q+1. The van der Waals surface area contributed by atoms with E-state index in [0.29, 0.717) is 23.0 Å². The summed E-state index contributed by atoms with van der Waals surface area (Å²) in [5, 5.41) is 5.20. The molecule has 0 bridgehead atoms. The van der Waals surface area contributed by atoms with Crippen molar-refractivity contribution in [2.45, 2.75) is 37.8 Å². The van der Waals surface area contributed by atoms with Crippen LogP contribution in [-0.2, 0) is 29.4 Å². The molecule has 31 heavy (non-hydrogen) atoms. The molecule has 3 aliphatic rings. The third-order valence-corrected chi connectivity index (χ3v) is 7.62. The number of hydrogen-bond donors (Lipinski definition) is 1. The quantitative estimate of drug-likeness (QED) is 0.706. The Labute approximate surface area is 184 Å². The first-order valence-corrected chi connectivity index (χ1v) is 12.4. The molecule has 162 valence electrons. The van der Waals surface area contributed by atoms with Crippen LogP contribution in [0.1, 0.15) is 34.6 Å². The first-order valence-electron chi connectivity index (χ1n) is 10.9. The molecule has 0 aromatic heterocycles. The van der Waals surface area contributed by atoms with E-state index in [2.05, 4.69) is 58.4 Å². The van der Waals surface area contributed by atoms with E-state index in [9.17, 15) is 8.42 Å². The Morgan fingerprint density at radius 2 is 1.90 bits per heavy atom. The predicted molar refractivity (Wildman–Crippen MR) is 123 cm³/mol. The molecule has 1 fully saturated rings. The number of fused-ring (bicyclic) bond motifs is 1. The molecular weight excluding hydrogens is 408 g/mol. The number of primary sulfonamides is 1. The van der Waals surface area contributed by atoms with Gasteiger partial charge in [-0.05, 0) is 55.1 Å². The molecular formula is C24H29N4O2S+. The molecule has 2 heterocycles. The van der Waals surface area contributed by atoms with Gasteiger partial charge in [-0.1, -0.05) is 42.5 Å². The molecule has 0 radical (unpaired) electrons. The lowest BCUT2D eigenvalue weighted by molar-refractivity contribution is -0.771. The fourth-order valence-corrected chi connectivity index (χ4v) is 5.73. The Kier molecular flexibility index (Phi) is 5.09. The zero-order valence-electron chi connectivity index (χ0n) is 17.8. The average Bonchev–Trinajstić information content (AvgIpc) is 3.23. The summed E-state index contributed by atoms with van der Waals surface area (Å²) in [6, 6.07) is 18.1. The summed E-state index contributed by atoms with van der Waals surface area (Å²) >= 11 is 0. The van der Waals surface area contributed by atoms with E-state index in [-0.39, 0.29) is 5.03 Å². The molecule has 1 saturated heterocycles. The summed E-state index contributed by atoms with van der Waals surface area (Å²) in [4.78, 5) is 6.68. The van der Waals surface area contributed by atoms with Gasteiger partial charge in [0.15, 0.2) is 6.34 Å². The number of benzene rings is 2. The third kappa shape index (κ3) is 4.11. The predicted octanol–water partition coefficient (Wildman–Crippen LogP) is 2.72. The Morgan fingerprint density at radius 1 is 1.13 bits per heavy atom. The van der Waals surface area contributed by atoms with E-state index >= 15 is 0 Å². The first kappa shape index (κ1) is 20.6. The number of hydrogen-bond acceptors (Lipinski definition) is 4. The molecule has 0 spiro atoms. The van der Waals surface area contributed by atoms with E-state index in [4.69, 9.17) is 5.14 Å². The Morgan fingerprint density at radius 3 is 2.55 bits per heavy atom. The molecule has 2 aliphatic heterocycles. The number of aliphatic imine (C=N–C) groups is 1. The van der Waals surface area contributed by atoms with Gasteiger partial charge in [0.25, 0.3) is 10.0 Å². The molecule has 5 rings (SSSR count). The van der Waals surface area contributed by atoms with E-state index in [1.807, 2.05) is 7.05 Å². The van der Waals surface area contributed by atoms with Gasteiger partial charge in [0.2, 0.25) is 5.03 Å². The Balaban J connectivity index is 1.43. The zero-order valence-corrected chi connectivity index (χ0v) is 18.6. The molecule has 6 nitrogen and oxygen atoms in total. The summed E-state index contributed by atoms with van der Waals surface area (Å²) in [6.07, 6.45) is 6.71. The van der Waals surface area contributed by atoms with Gasteiger partial charge in [-0.15, -0.1) is 0 Å². The number of likely N-dealkylation sites (tertiary alicyclic amines) is 1. The lowest BCUT2D eigenvalue weighted by atomic mass is 9.88. The van der Waals surface area contributed by atoms with Gasteiger partial charge in [0.1, 0.15) is 12.7 Å². The fourth-order valence-electron chi connectivity index (χ4n) is 5.15. The largest absolute Gasteiger partial charge is 0.299 e. The Bertz CT molecular complexity index is 1160. The van der Waals surface area contributed by atoms with Crippen molar-refractivity contribution < 1.29 is 12.9 Å². The maximum atomic E-state index is 11.7. The van der Waals surface area contributed by atoms with Gasteiger partial charge >= 0.3 is 0 Å². The van der Waals surface area contributed by atoms with Crippen LogP contribution in [0, 0.1) is 0 Å². The molecule has 2 N–H and O–H groups in total. The van der Waals surface area contributed by atoms with Gasteiger partial charge in [-0.25, -0.2) is 13.6 Å². The third-order valence-electron chi connectivity index (χ3n) is 6.83. The van der Waals surface area contributed by atoms with Gasteiger partial charge < -0.3 is 0 Å². The van der Waals surface area contributed by atoms with Gasteiger partial charge in [-0.3, -0.25) is 9.38 Å². The minimum atomic E-state index is -3.79. The van der Waals surface area contributed by atoms with Crippen LogP contribution in [0.25, 0.3) is 0 Å². The molecule has 3 atom stereocenters. The van der Waals surface area contributed by atoms with Crippen molar-refractivity contribution in [1.29, 1.82) is 0 Å². The summed E-state index contributed by atoms with van der Waals surface area (Å²) in [6.45, 7) is 3.04. The molecule has 0 saturated carbocycles. The topological polar surface area (TPSA) is 75.8 Å². The second kappa shape index (κ2) is 7.67. The van der Waals surface area contributed by atoms with Crippen LogP contribution in [0.4, 0.5) is 0 Å². The summed E-state index contributed by atoms with van der Waals surface area (Å²) in [5.74, 6) is 0.478. The van der Waals surface area contributed by atoms with Crippen molar-refractivity contribution in [3.8, 4) is 0 Å². The van der Waals surface area contributed by atoms with Gasteiger partial charge in [-0.2, -0.15) is 4.99 Å². The number of nitrogens with two attached hydrogens (primary N) is 1. The van der Waals surface area contributed by atoms with Crippen molar-refractivity contribution in [2.24, 2.45) is 10.1 Å². The highest BCUT2D eigenvalue weighted by atomic mass is 32.2. The monoisotopic (exact) mass is 437 g/mol. The summed E-state index contributed by atoms with van der Waals surface area (Å²) in [7, 11) is -1.85. The second-order valence-electron chi connectivity index (χ2n) is 9.25. The first-order chi connectivity index (χ1) is 14.8. The number of quaternary nitrogens is 1. The van der Waals surface area contributed by atoms with Crippen LogP contribution < -0.4 is 5.14 Å². The highest BCUT2D eigenvalue weighted by Crippen LogP contribution is 2.41. The molecule has 1 aliphatic carbocycles. The summed E-state index contributed by atoms with van der Waals surface area (Å²) in [5.41, 5.74) is 5.45. The molecule has 2 aromatic rings. The van der Waals surface area contributed by atoms with Gasteiger partial charge in [0, 0.05) is 17.5 Å². The summed E-state index contributed by atoms with van der Waals surface area (Å²) < 4.78 is 23.6.